The summed E-state index contributed by atoms with van der Waals surface area (Å²) in [5.41, 5.74) is 0.642. The van der Waals surface area contributed by atoms with Gasteiger partial charge in [0.1, 0.15) is 12.2 Å². The minimum atomic E-state index is -1.05. The number of esters is 1. The molecule has 7 N–H and O–H groups in total. The van der Waals surface area contributed by atoms with E-state index < -0.39 is 60.7 Å². The van der Waals surface area contributed by atoms with Gasteiger partial charge in [-0.2, -0.15) is 0 Å². The first-order valence-corrected chi connectivity index (χ1v) is 16.2. The number of carbonyl (C=O) groups is 1. The Hall–Kier alpha value is -2.11. The number of hydrogen-bond donors (Lipinski definition) is 7. The molecular weight excluding hydrogens is 564 g/mol. The van der Waals surface area contributed by atoms with E-state index >= 15 is 0 Å². The van der Waals surface area contributed by atoms with Gasteiger partial charge in [0.25, 0.3) is 0 Å². The Balaban J connectivity index is 3.00. The molecular formula is C35H58O9. The summed E-state index contributed by atoms with van der Waals surface area (Å²) in [6.07, 6.45) is 13.0. The Morgan fingerprint density at radius 2 is 1.20 bits per heavy atom. The zero-order valence-corrected chi connectivity index (χ0v) is 26.8. The number of hydrogen-bond acceptors (Lipinski definition) is 9. The largest absolute Gasteiger partial charge is 0.459 e. The van der Waals surface area contributed by atoms with Crippen LogP contribution in [0, 0.1) is 5.92 Å². The van der Waals surface area contributed by atoms with Crippen molar-refractivity contribution in [3.05, 3.63) is 60.3 Å². The van der Waals surface area contributed by atoms with Crippen LogP contribution in [0.25, 0.3) is 0 Å². The second-order valence-corrected chi connectivity index (χ2v) is 12.2. The number of aliphatic hydroxyl groups excluding tert-OH is 7. The Labute approximate surface area is 264 Å². The lowest BCUT2D eigenvalue weighted by Gasteiger charge is -2.24. The van der Waals surface area contributed by atoms with Crippen molar-refractivity contribution in [2.45, 2.75) is 147 Å². The molecule has 1 rings (SSSR count). The van der Waals surface area contributed by atoms with Gasteiger partial charge in [-0.3, -0.25) is 4.79 Å². The minimum Gasteiger partial charge on any atom is -0.459 e. The second kappa shape index (κ2) is 23.3. The molecule has 1 aliphatic rings. The zero-order valence-electron chi connectivity index (χ0n) is 26.8. The molecule has 0 aromatic heterocycles. The fraction of sp³-hybridized carbons (Fsp3) is 0.686. The Bertz CT molecular complexity index is 925. The van der Waals surface area contributed by atoms with Crippen molar-refractivity contribution in [2.24, 2.45) is 5.92 Å². The molecule has 9 nitrogen and oxygen atoms in total. The van der Waals surface area contributed by atoms with E-state index in [2.05, 4.69) is 6.92 Å². The molecule has 0 radical (unpaired) electrons. The molecule has 0 amide bonds. The topological polar surface area (TPSA) is 168 Å². The predicted octanol–water partition coefficient (Wildman–Crippen LogP) is 3.95. The number of aliphatic hydroxyl groups is 7. The van der Waals surface area contributed by atoms with Crippen molar-refractivity contribution >= 4 is 5.97 Å². The third-order valence-corrected chi connectivity index (χ3v) is 7.90. The summed E-state index contributed by atoms with van der Waals surface area (Å²) in [5.74, 6) is -0.873. The highest BCUT2D eigenvalue weighted by molar-refractivity contribution is 5.72. The van der Waals surface area contributed by atoms with Gasteiger partial charge >= 0.3 is 5.97 Å². The summed E-state index contributed by atoms with van der Waals surface area (Å²) < 4.78 is 5.60. The maximum Gasteiger partial charge on any atom is 0.309 e. The van der Waals surface area contributed by atoms with Crippen LogP contribution in [0.1, 0.15) is 97.8 Å². The lowest BCUT2D eigenvalue weighted by atomic mass is 9.92. The molecule has 0 saturated heterocycles. The number of allylic oxidation sites excluding steroid dienone is 8. The van der Waals surface area contributed by atoms with E-state index in [1.54, 1.807) is 68.5 Å². The molecule has 7 unspecified atom stereocenters. The van der Waals surface area contributed by atoms with Crippen LogP contribution in [0.3, 0.4) is 0 Å². The lowest BCUT2D eigenvalue weighted by molar-refractivity contribution is -0.158. The van der Waals surface area contributed by atoms with E-state index in [0.717, 1.165) is 25.7 Å². The van der Waals surface area contributed by atoms with Crippen molar-refractivity contribution in [2.75, 3.05) is 0 Å². The van der Waals surface area contributed by atoms with Crippen LogP contribution in [-0.4, -0.2) is 90.5 Å². The second-order valence-electron chi connectivity index (χ2n) is 12.2. The smallest absolute Gasteiger partial charge is 0.309 e. The van der Waals surface area contributed by atoms with Gasteiger partial charge in [0.05, 0.1) is 42.5 Å². The van der Waals surface area contributed by atoms with Gasteiger partial charge in [-0.15, -0.1) is 0 Å². The van der Waals surface area contributed by atoms with E-state index in [-0.39, 0.29) is 38.5 Å². The highest BCUT2D eigenvalue weighted by Crippen LogP contribution is 2.23. The molecule has 1 aliphatic heterocycles. The summed E-state index contributed by atoms with van der Waals surface area (Å²) in [7, 11) is 0. The Morgan fingerprint density at radius 3 is 1.80 bits per heavy atom. The summed E-state index contributed by atoms with van der Waals surface area (Å²) in [5, 5.41) is 73.0. The summed E-state index contributed by atoms with van der Waals surface area (Å²) in [6.45, 7) is 5.48. The van der Waals surface area contributed by atoms with E-state index in [1.807, 2.05) is 0 Å². The van der Waals surface area contributed by atoms with E-state index in [9.17, 15) is 40.5 Å². The van der Waals surface area contributed by atoms with E-state index in [0.29, 0.717) is 18.4 Å². The molecule has 9 heteroatoms. The first kappa shape index (κ1) is 39.9. The van der Waals surface area contributed by atoms with Crippen LogP contribution in [0.4, 0.5) is 0 Å². The Morgan fingerprint density at radius 1 is 0.682 bits per heavy atom. The van der Waals surface area contributed by atoms with Gasteiger partial charge in [0, 0.05) is 6.42 Å². The average Bonchev–Trinajstić information content (AvgIpc) is 2.94. The number of ether oxygens (including phenoxy) is 1. The monoisotopic (exact) mass is 622 g/mol. The van der Waals surface area contributed by atoms with Gasteiger partial charge in [-0.05, 0) is 64.4 Å². The highest BCUT2D eigenvalue weighted by atomic mass is 16.6. The fourth-order valence-electron chi connectivity index (χ4n) is 5.12. The van der Waals surface area contributed by atoms with Crippen LogP contribution >= 0.6 is 0 Å². The van der Waals surface area contributed by atoms with Crippen LogP contribution in [-0.2, 0) is 9.53 Å². The molecule has 0 aromatic rings. The maximum absolute atomic E-state index is 13.0. The predicted molar refractivity (Wildman–Crippen MR) is 172 cm³/mol. The molecule has 0 aliphatic carbocycles. The fourth-order valence-corrected chi connectivity index (χ4v) is 5.12. The molecule has 9 atom stereocenters. The van der Waals surface area contributed by atoms with Crippen molar-refractivity contribution in [3.63, 3.8) is 0 Å². The number of cyclic esters (lactones) is 1. The van der Waals surface area contributed by atoms with Crippen molar-refractivity contribution in [1.29, 1.82) is 0 Å². The molecule has 252 valence electrons. The third-order valence-electron chi connectivity index (χ3n) is 7.90. The normalized spacial score (nSPS) is 33.3. The first-order chi connectivity index (χ1) is 20.9. The molecule has 0 fully saturated rings. The number of unbranched alkanes of at least 4 members (excludes halogenated alkanes) is 3. The standard InChI is InChI=1S/C35H58O9/c1-4-5-6-13-16-27-18-19-28(36)20-29(37)21-30(38)22-31(39)23-32(40)24-34(42)25(2)15-12-10-8-7-9-11-14-17-33(41)26(3)44-35(27)43/h7-12,14-15,17,26-34,36-42H,4-6,13,16,18-24H2,1-3H3/t26-,27?,28?,29?,30?,31?,32?,33+,34?/m1/s1. The molecule has 1 heterocycles. The van der Waals surface area contributed by atoms with Crippen LogP contribution in [0.15, 0.2) is 60.3 Å². The third kappa shape index (κ3) is 18.6. The summed E-state index contributed by atoms with van der Waals surface area (Å²) >= 11 is 0. The van der Waals surface area contributed by atoms with E-state index in [4.69, 9.17) is 4.74 Å². The average molecular weight is 623 g/mol. The quantitative estimate of drug-likeness (QED) is 0.177. The van der Waals surface area contributed by atoms with Gasteiger partial charge < -0.3 is 40.5 Å². The van der Waals surface area contributed by atoms with Crippen molar-refractivity contribution in [3.8, 4) is 0 Å². The van der Waals surface area contributed by atoms with Gasteiger partial charge in [-0.25, -0.2) is 0 Å². The van der Waals surface area contributed by atoms with E-state index in [1.165, 1.54) is 0 Å². The highest BCUT2D eigenvalue weighted by Gasteiger charge is 2.26. The summed E-state index contributed by atoms with van der Waals surface area (Å²) in [4.78, 5) is 13.0. The molecule has 0 spiro atoms. The van der Waals surface area contributed by atoms with Gasteiger partial charge in [-0.1, -0.05) is 87.3 Å². The van der Waals surface area contributed by atoms with Crippen molar-refractivity contribution in [1.82, 2.24) is 0 Å². The summed E-state index contributed by atoms with van der Waals surface area (Å²) in [6, 6.07) is 0. The van der Waals surface area contributed by atoms with Gasteiger partial charge in [0.15, 0.2) is 0 Å². The number of rotatable bonds is 5. The molecule has 0 bridgehead atoms. The lowest BCUT2D eigenvalue weighted by Crippen LogP contribution is -2.31. The first-order valence-electron chi connectivity index (χ1n) is 16.2. The molecule has 0 aromatic carbocycles. The Kier molecular flexibility index (Phi) is 21.1. The molecule has 0 saturated carbocycles. The van der Waals surface area contributed by atoms with Crippen LogP contribution in [0.5, 0.6) is 0 Å². The number of carbonyl (C=O) groups excluding carboxylic acids is 1. The zero-order chi connectivity index (χ0) is 32.9. The van der Waals surface area contributed by atoms with Crippen LogP contribution in [0.2, 0.25) is 0 Å². The van der Waals surface area contributed by atoms with Gasteiger partial charge in [0.2, 0.25) is 0 Å². The maximum atomic E-state index is 13.0. The SMILES string of the molecule is CCCCCCC1CCC(O)CC(O)CC(O)CC(O)CC(O)CC(O)C(C)=CC=CC=CC=CC=C[C@H](O)[C@@H](C)OC1=O. The van der Waals surface area contributed by atoms with Crippen molar-refractivity contribution < 1.29 is 45.3 Å². The van der Waals surface area contributed by atoms with Crippen LogP contribution < -0.4 is 0 Å². The molecule has 44 heavy (non-hydrogen) atoms. The minimum absolute atomic E-state index is 0.00223.